The molecule has 0 saturated heterocycles. The van der Waals surface area contributed by atoms with Crippen LogP contribution >= 0.6 is 23.1 Å². The second-order valence-electron chi connectivity index (χ2n) is 3.77. The van der Waals surface area contributed by atoms with Crippen LogP contribution in [0.3, 0.4) is 0 Å². The van der Waals surface area contributed by atoms with E-state index in [0.717, 1.165) is 10.0 Å². The molecule has 0 unspecified atom stereocenters. The quantitative estimate of drug-likeness (QED) is 0.574. The maximum atomic E-state index is 12.0. The van der Waals surface area contributed by atoms with Crippen molar-refractivity contribution in [2.75, 3.05) is 11.6 Å². The van der Waals surface area contributed by atoms with Crippen LogP contribution in [0.5, 0.6) is 0 Å². The number of para-hydroxylation sites is 1. The van der Waals surface area contributed by atoms with Crippen molar-refractivity contribution in [2.24, 2.45) is 0 Å². The van der Waals surface area contributed by atoms with Gasteiger partial charge in [0.25, 0.3) is 11.7 Å². The van der Waals surface area contributed by atoms with Gasteiger partial charge in [0.05, 0.1) is 5.69 Å². The molecule has 0 atom stereocenters. The first kappa shape index (κ1) is 13.6. The zero-order chi connectivity index (χ0) is 14.7. The molecular weight excluding hydrogens is 310 g/mol. The zero-order valence-corrected chi connectivity index (χ0v) is 12.4. The van der Waals surface area contributed by atoms with Crippen LogP contribution in [0.15, 0.2) is 34.7 Å². The first-order chi connectivity index (χ1) is 10.3. The van der Waals surface area contributed by atoms with Crippen LogP contribution in [0.1, 0.15) is 10.6 Å². The fourth-order valence-electron chi connectivity index (χ4n) is 1.47. The molecule has 106 valence electrons. The number of benzene rings is 1. The van der Waals surface area contributed by atoms with Gasteiger partial charge in [-0.1, -0.05) is 41.3 Å². The Kier molecular flexibility index (Phi) is 3.88. The Morgan fingerprint density at radius 2 is 2.05 bits per heavy atom. The normalized spacial score (nSPS) is 10.5. The van der Waals surface area contributed by atoms with Crippen LogP contribution in [0.25, 0.3) is 5.69 Å². The van der Waals surface area contributed by atoms with Gasteiger partial charge in [-0.3, -0.25) is 10.1 Å². The monoisotopic (exact) mass is 319 g/mol. The minimum absolute atomic E-state index is 0.0280. The van der Waals surface area contributed by atoms with Gasteiger partial charge in [-0.05, 0) is 23.6 Å². The fourth-order valence-corrected chi connectivity index (χ4v) is 2.64. The molecule has 1 aromatic carbocycles. The average Bonchev–Trinajstić information content (AvgIpc) is 3.17. The van der Waals surface area contributed by atoms with E-state index >= 15 is 0 Å². The number of rotatable bonds is 4. The van der Waals surface area contributed by atoms with E-state index < -0.39 is 5.91 Å². The van der Waals surface area contributed by atoms with Gasteiger partial charge in [0, 0.05) is 0 Å². The molecule has 10 heteroatoms. The van der Waals surface area contributed by atoms with E-state index in [-0.39, 0.29) is 5.82 Å². The minimum atomic E-state index is -0.471. The van der Waals surface area contributed by atoms with Gasteiger partial charge in [-0.15, -0.1) is 25.2 Å². The molecule has 0 saturated carbocycles. The lowest BCUT2D eigenvalue weighted by Gasteiger charge is -1.96. The molecule has 0 fully saturated rings. The second-order valence-corrected chi connectivity index (χ2v) is 5.80. The van der Waals surface area contributed by atoms with Crippen molar-refractivity contribution in [1.82, 2.24) is 30.4 Å². The summed E-state index contributed by atoms with van der Waals surface area (Å²) in [6, 6.07) is 9.22. The van der Waals surface area contributed by atoms with E-state index in [2.05, 4.69) is 30.9 Å². The number of tetrazole rings is 1. The number of nitrogens with zero attached hydrogens (tertiary/aromatic N) is 6. The molecule has 1 N–H and O–H groups in total. The van der Waals surface area contributed by atoms with Crippen molar-refractivity contribution in [3.63, 3.8) is 0 Å². The number of aromatic nitrogens is 6. The van der Waals surface area contributed by atoms with E-state index in [1.165, 1.54) is 27.9 Å². The van der Waals surface area contributed by atoms with Crippen LogP contribution < -0.4 is 5.32 Å². The molecule has 21 heavy (non-hydrogen) atoms. The highest BCUT2D eigenvalue weighted by Gasteiger charge is 2.15. The molecule has 8 nitrogen and oxygen atoms in total. The molecule has 3 aromatic rings. The van der Waals surface area contributed by atoms with E-state index in [1.807, 2.05) is 36.6 Å². The number of carbonyl (C=O) groups is 1. The van der Waals surface area contributed by atoms with Crippen molar-refractivity contribution in [2.45, 2.75) is 4.34 Å². The summed E-state index contributed by atoms with van der Waals surface area (Å²) in [7, 11) is 0. The first-order valence-electron chi connectivity index (χ1n) is 5.80. The summed E-state index contributed by atoms with van der Waals surface area (Å²) < 4.78 is 0.770. The Labute approximate surface area is 127 Å². The molecule has 0 aliphatic rings. The topological polar surface area (TPSA) is 98.5 Å². The molecule has 1 amide bonds. The largest absolute Gasteiger partial charge is 0.299 e. The number of amides is 1. The Balaban J connectivity index is 1.75. The molecule has 0 radical (unpaired) electrons. The molecular formula is C11H9N7OS2. The third kappa shape index (κ3) is 3.06. The van der Waals surface area contributed by atoms with Crippen molar-refractivity contribution in [3.8, 4) is 5.69 Å². The average molecular weight is 319 g/mol. The number of nitrogens with one attached hydrogen (secondary N) is 1. The summed E-state index contributed by atoms with van der Waals surface area (Å²) in [4.78, 5) is 13.3. The summed E-state index contributed by atoms with van der Waals surface area (Å²) in [5.74, 6) is -0.499. The van der Waals surface area contributed by atoms with Crippen LogP contribution in [-0.2, 0) is 0 Å². The predicted octanol–water partition coefficient (Wildman–Crippen LogP) is 1.49. The second kappa shape index (κ2) is 5.97. The summed E-state index contributed by atoms with van der Waals surface area (Å²) >= 11 is 2.74. The van der Waals surface area contributed by atoms with Crippen molar-refractivity contribution < 1.29 is 4.79 Å². The third-order valence-corrected chi connectivity index (χ3v) is 4.22. The molecule has 2 heterocycles. The molecule has 0 aliphatic heterocycles. The Morgan fingerprint density at radius 1 is 1.24 bits per heavy atom. The third-order valence-electron chi connectivity index (χ3n) is 2.41. The predicted molar refractivity (Wildman–Crippen MR) is 78.8 cm³/mol. The number of thioether (sulfide) groups is 1. The lowest BCUT2D eigenvalue weighted by atomic mass is 10.3. The highest BCUT2D eigenvalue weighted by Crippen LogP contribution is 2.23. The molecule has 0 spiro atoms. The van der Waals surface area contributed by atoms with E-state index in [9.17, 15) is 4.79 Å². The van der Waals surface area contributed by atoms with E-state index in [1.54, 1.807) is 0 Å². The Morgan fingerprint density at radius 3 is 2.76 bits per heavy atom. The van der Waals surface area contributed by atoms with Crippen molar-refractivity contribution in [1.29, 1.82) is 0 Å². The lowest BCUT2D eigenvalue weighted by Crippen LogP contribution is -2.14. The van der Waals surface area contributed by atoms with Crippen LogP contribution in [0, 0.1) is 0 Å². The summed E-state index contributed by atoms with van der Waals surface area (Å²) in [5, 5.41) is 22.4. The van der Waals surface area contributed by atoms with Crippen LogP contribution in [0.2, 0.25) is 0 Å². The van der Waals surface area contributed by atoms with Gasteiger partial charge in [0.1, 0.15) is 0 Å². The smallest absolute Gasteiger partial charge is 0.293 e. The number of anilines is 1. The molecule has 2 aromatic heterocycles. The van der Waals surface area contributed by atoms with Gasteiger partial charge >= 0.3 is 0 Å². The number of hydrogen-bond acceptors (Lipinski definition) is 8. The molecule has 0 aliphatic carbocycles. The molecule has 0 bridgehead atoms. The Bertz CT molecular complexity index is 755. The van der Waals surface area contributed by atoms with Gasteiger partial charge in [0.15, 0.2) is 4.34 Å². The summed E-state index contributed by atoms with van der Waals surface area (Å²) in [5.41, 5.74) is 0.727. The van der Waals surface area contributed by atoms with Crippen molar-refractivity contribution in [3.05, 3.63) is 36.2 Å². The summed E-state index contributed by atoms with van der Waals surface area (Å²) in [6.07, 6.45) is 1.89. The van der Waals surface area contributed by atoms with Gasteiger partial charge in [-0.2, -0.15) is 0 Å². The SMILES string of the molecule is CSc1nnc(NC(=O)c2nnn(-c3ccccc3)n2)s1. The lowest BCUT2D eigenvalue weighted by molar-refractivity contribution is 0.101. The van der Waals surface area contributed by atoms with Crippen LogP contribution in [0.4, 0.5) is 5.13 Å². The Hall–Kier alpha value is -2.33. The minimum Gasteiger partial charge on any atom is -0.293 e. The highest BCUT2D eigenvalue weighted by atomic mass is 32.2. The van der Waals surface area contributed by atoms with E-state index in [0.29, 0.717) is 5.13 Å². The maximum Gasteiger partial charge on any atom is 0.299 e. The maximum absolute atomic E-state index is 12.0. The fraction of sp³-hybridized carbons (Fsp3) is 0.0909. The van der Waals surface area contributed by atoms with Crippen molar-refractivity contribution >= 4 is 34.1 Å². The standard InChI is InChI=1S/C11H9N7OS2/c1-20-11-15-14-10(21-11)12-9(19)8-13-17-18(16-8)7-5-3-2-4-6-7/h2-6H,1H3,(H,12,14,19). The zero-order valence-electron chi connectivity index (χ0n) is 10.8. The highest BCUT2D eigenvalue weighted by molar-refractivity contribution is 8.00. The summed E-state index contributed by atoms with van der Waals surface area (Å²) in [6.45, 7) is 0. The number of carbonyl (C=O) groups excluding carboxylic acids is 1. The molecule has 3 rings (SSSR count). The van der Waals surface area contributed by atoms with E-state index in [4.69, 9.17) is 0 Å². The van der Waals surface area contributed by atoms with Gasteiger partial charge in [0.2, 0.25) is 5.13 Å². The first-order valence-corrected chi connectivity index (χ1v) is 7.84. The van der Waals surface area contributed by atoms with Gasteiger partial charge < -0.3 is 0 Å². The number of hydrogen-bond donors (Lipinski definition) is 1. The van der Waals surface area contributed by atoms with Gasteiger partial charge in [-0.25, -0.2) is 0 Å². The van der Waals surface area contributed by atoms with Crippen LogP contribution in [-0.4, -0.2) is 42.6 Å².